The lowest BCUT2D eigenvalue weighted by Crippen LogP contribution is -2.25. The van der Waals surface area contributed by atoms with E-state index in [0.29, 0.717) is 34.1 Å². The molecule has 3 heterocycles. The summed E-state index contributed by atoms with van der Waals surface area (Å²) in [5.74, 6) is 0.266. The first-order valence-electron chi connectivity index (χ1n) is 8.76. The van der Waals surface area contributed by atoms with Crippen LogP contribution in [-0.2, 0) is 0 Å². The molecule has 2 bridgehead atoms. The quantitative estimate of drug-likeness (QED) is 0.500. The first-order valence-corrected chi connectivity index (χ1v) is 8.76. The minimum absolute atomic E-state index is 0.00747. The summed E-state index contributed by atoms with van der Waals surface area (Å²) < 4.78 is 5.95. The predicted octanol–water partition coefficient (Wildman–Crippen LogP) is 2.60. The maximum atomic E-state index is 12.9. The molecule has 1 amide bonds. The highest BCUT2D eigenvalue weighted by atomic mass is 16.5. The molecule has 0 aliphatic carbocycles. The van der Waals surface area contributed by atoms with Crippen LogP contribution in [0.1, 0.15) is 10.5 Å². The maximum absolute atomic E-state index is 12.9. The number of fused-ring (bicyclic) bond motifs is 5. The topological polar surface area (TPSA) is 126 Å². The van der Waals surface area contributed by atoms with E-state index in [9.17, 15) is 9.90 Å². The number of pyridine rings is 1. The number of anilines is 3. The van der Waals surface area contributed by atoms with Crippen LogP contribution in [-0.4, -0.2) is 39.6 Å². The third kappa shape index (κ3) is 3.53. The molecule has 0 radical (unpaired) electrons. The molecule has 1 aromatic carbocycles. The van der Waals surface area contributed by atoms with E-state index < -0.39 is 5.91 Å². The summed E-state index contributed by atoms with van der Waals surface area (Å²) in [6.07, 6.45) is 5.51. The Kier molecular flexibility index (Phi) is 4.70. The fourth-order valence-electron chi connectivity index (χ4n) is 3.02. The largest absolute Gasteiger partial charge is 0.512 e. The number of nitrogens with zero attached hydrogens (tertiary/aromatic N) is 4. The van der Waals surface area contributed by atoms with Crippen LogP contribution in [0.25, 0.3) is 11.3 Å². The number of benzene rings is 1. The molecular weight excluding hydrogens is 372 g/mol. The Morgan fingerprint density at radius 1 is 1.28 bits per heavy atom. The van der Waals surface area contributed by atoms with Gasteiger partial charge in [-0.15, -0.1) is 0 Å². The molecule has 0 spiro atoms. The third-order valence-corrected chi connectivity index (χ3v) is 4.41. The Morgan fingerprint density at radius 2 is 2.10 bits per heavy atom. The lowest BCUT2D eigenvalue weighted by Gasteiger charge is -2.23. The number of ether oxygens (including phenoxy) is 1. The van der Waals surface area contributed by atoms with Crippen molar-refractivity contribution in [1.29, 1.82) is 0 Å². The Balaban J connectivity index is 1.91. The number of hydrogen-bond acceptors (Lipinski definition) is 8. The van der Waals surface area contributed by atoms with E-state index >= 15 is 0 Å². The second-order valence-electron chi connectivity index (χ2n) is 6.39. The van der Waals surface area contributed by atoms with Crippen LogP contribution in [0.5, 0.6) is 5.75 Å². The predicted molar refractivity (Wildman–Crippen MR) is 109 cm³/mol. The molecule has 29 heavy (non-hydrogen) atoms. The van der Waals surface area contributed by atoms with Crippen LogP contribution >= 0.6 is 0 Å². The van der Waals surface area contributed by atoms with E-state index in [1.165, 1.54) is 12.4 Å². The van der Waals surface area contributed by atoms with Gasteiger partial charge in [0.05, 0.1) is 36.0 Å². The number of carbonyl (C=O) groups is 1. The van der Waals surface area contributed by atoms with Crippen molar-refractivity contribution in [2.45, 2.75) is 0 Å². The molecule has 0 fully saturated rings. The zero-order valence-electron chi connectivity index (χ0n) is 15.5. The van der Waals surface area contributed by atoms with Crippen molar-refractivity contribution in [2.24, 2.45) is 0 Å². The summed E-state index contributed by atoms with van der Waals surface area (Å²) >= 11 is 0. The van der Waals surface area contributed by atoms with Gasteiger partial charge >= 0.3 is 0 Å². The normalized spacial score (nSPS) is 15.1. The van der Waals surface area contributed by atoms with Crippen LogP contribution < -0.4 is 20.7 Å². The van der Waals surface area contributed by atoms with Crippen molar-refractivity contribution in [3.63, 3.8) is 0 Å². The zero-order chi connectivity index (χ0) is 20.4. The number of carbonyl (C=O) groups excluding carboxylic acids is 1. The second kappa shape index (κ2) is 7.47. The van der Waals surface area contributed by atoms with Gasteiger partial charge in [0.1, 0.15) is 12.0 Å². The van der Waals surface area contributed by atoms with Gasteiger partial charge in [0.2, 0.25) is 0 Å². The highest BCUT2D eigenvalue weighted by molar-refractivity contribution is 6.07. The minimum atomic E-state index is -0.505. The number of nitrogens with one attached hydrogen (secondary N) is 1. The first-order chi connectivity index (χ1) is 14.1. The number of aliphatic hydroxyl groups is 1. The Labute approximate surface area is 166 Å². The van der Waals surface area contributed by atoms with Crippen LogP contribution in [0.2, 0.25) is 0 Å². The molecule has 146 valence electrons. The number of nitrogens with two attached hydrogens (primary N) is 1. The molecule has 0 saturated heterocycles. The smallest absolute Gasteiger partial charge is 0.278 e. The van der Waals surface area contributed by atoms with Crippen molar-refractivity contribution in [3.05, 3.63) is 66.6 Å². The number of nitrogen functional groups attached to an aromatic ring is 1. The molecule has 0 saturated carbocycles. The zero-order valence-corrected chi connectivity index (χ0v) is 15.5. The average Bonchev–Trinajstić information content (AvgIpc) is 2.74. The molecule has 3 aromatic rings. The molecule has 1 aliphatic heterocycles. The van der Waals surface area contributed by atoms with Gasteiger partial charge in [0.25, 0.3) is 5.91 Å². The fraction of sp³-hybridized carbons (Fsp3) is 0.100. The molecule has 9 nitrogen and oxygen atoms in total. The SMILES string of the molecule is CN1C/C(=C/O)Oc2ccccc2-c2cnc(N)c(n2)C(=O)Nc2cnccc21. The van der Waals surface area contributed by atoms with Crippen LogP contribution in [0.3, 0.4) is 0 Å². The molecule has 4 rings (SSSR count). The monoisotopic (exact) mass is 390 g/mol. The van der Waals surface area contributed by atoms with Gasteiger partial charge in [0, 0.05) is 18.8 Å². The number of amides is 1. The fourth-order valence-corrected chi connectivity index (χ4v) is 3.02. The van der Waals surface area contributed by atoms with E-state index in [2.05, 4.69) is 20.3 Å². The number of rotatable bonds is 0. The molecule has 2 aromatic heterocycles. The standard InChI is InChI=1S/C20H18N6O3/c1-26-10-12(11-27)29-17-5-3-2-4-13(17)14-9-23-19(21)18(24-14)20(28)25-15-8-22-7-6-16(15)26/h2-9,11,27H,10H2,1H3,(H2,21,23)(H,25,28)/b12-11-. The van der Waals surface area contributed by atoms with Crippen LogP contribution in [0.15, 0.2) is 60.9 Å². The molecule has 9 heteroatoms. The summed E-state index contributed by atoms with van der Waals surface area (Å²) in [7, 11) is 1.80. The summed E-state index contributed by atoms with van der Waals surface area (Å²) in [6, 6.07) is 8.88. The van der Waals surface area contributed by atoms with E-state index in [1.54, 1.807) is 37.5 Å². The van der Waals surface area contributed by atoms with E-state index in [-0.39, 0.29) is 18.1 Å². The van der Waals surface area contributed by atoms with Crippen molar-refractivity contribution < 1.29 is 14.6 Å². The summed E-state index contributed by atoms with van der Waals surface area (Å²) in [6.45, 7) is 0.239. The van der Waals surface area contributed by atoms with Crippen molar-refractivity contribution >= 4 is 23.1 Å². The molecule has 0 unspecified atom stereocenters. The lowest BCUT2D eigenvalue weighted by atomic mass is 10.1. The highest BCUT2D eigenvalue weighted by Gasteiger charge is 2.21. The van der Waals surface area contributed by atoms with Gasteiger partial charge in [-0.3, -0.25) is 9.78 Å². The Hall–Kier alpha value is -4.14. The number of aromatic nitrogens is 3. The average molecular weight is 390 g/mol. The Morgan fingerprint density at radius 3 is 2.93 bits per heavy atom. The number of para-hydroxylation sites is 1. The highest BCUT2D eigenvalue weighted by Crippen LogP contribution is 2.32. The van der Waals surface area contributed by atoms with E-state index in [4.69, 9.17) is 10.5 Å². The summed E-state index contributed by atoms with van der Waals surface area (Å²) in [5, 5.41) is 12.5. The minimum Gasteiger partial charge on any atom is -0.512 e. The number of likely N-dealkylation sites (N-methyl/N-ethyl adjacent to an activating group) is 1. The molecule has 0 atom stereocenters. The van der Waals surface area contributed by atoms with Gasteiger partial charge in [0.15, 0.2) is 17.3 Å². The van der Waals surface area contributed by atoms with Crippen molar-refractivity contribution in [3.8, 4) is 17.0 Å². The van der Waals surface area contributed by atoms with Crippen molar-refractivity contribution in [1.82, 2.24) is 15.0 Å². The third-order valence-electron chi connectivity index (χ3n) is 4.41. The summed E-state index contributed by atoms with van der Waals surface area (Å²) in [4.78, 5) is 27.3. The van der Waals surface area contributed by atoms with Gasteiger partial charge in [-0.25, -0.2) is 9.97 Å². The maximum Gasteiger partial charge on any atom is 0.278 e. The first kappa shape index (κ1) is 18.2. The van der Waals surface area contributed by atoms with Crippen molar-refractivity contribution in [2.75, 3.05) is 29.5 Å². The molecule has 1 aliphatic rings. The van der Waals surface area contributed by atoms with Gasteiger partial charge < -0.3 is 25.8 Å². The van der Waals surface area contributed by atoms with Gasteiger partial charge in [-0.1, -0.05) is 12.1 Å². The molecular formula is C20H18N6O3. The summed E-state index contributed by atoms with van der Waals surface area (Å²) in [5.41, 5.74) is 8.06. The Bertz CT molecular complexity index is 1110. The molecule has 4 N–H and O–H groups in total. The lowest BCUT2D eigenvalue weighted by molar-refractivity contribution is 0.102. The van der Waals surface area contributed by atoms with E-state index in [1.807, 2.05) is 11.0 Å². The van der Waals surface area contributed by atoms with Gasteiger partial charge in [-0.2, -0.15) is 0 Å². The van der Waals surface area contributed by atoms with E-state index in [0.717, 1.165) is 6.26 Å². The van der Waals surface area contributed by atoms with Crippen LogP contribution in [0, 0.1) is 0 Å². The number of hydrogen-bond donors (Lipinski definition) is 3. The van der Waals surface area contributed by atoms with Crippen LogP contribution in [0.4, 0.5) is 17.2 Å². The number of aliphatic hydroxyl groups excluding tert-OH is 1. The second-order valence-corrected chi connectivity index (χ2v) is 6.39. The van der Waals surface area contributed by atoms with Gasteiger partial charge in [-0.05, 0) is 18.2 Å².